The smallest absolute Gasteiger partial charge is 0.115 e. The van der Waals surface area contributed by atoms with Crippen molar-refractivity contribution >= 4 is 15.9 Å². The van der Waals surface area contributed by atoms with Crippen molar-refractivity contribution < 1.29 is 14.2 Å². The Morgan fingerprint density at radius 3 is 1.88 bits per heavy atom. The zero-order valence-corrected chi connectivity index (χ0v) is 26.1. The lowest BCUT2D eigenvalue weighted by Gasteiger charge is -2.46. The summed E-state index contributed by atoms with van der Waals surface area (Å²) in [4.78, 5) is 0. The Morgan fingerprint density at radius 2 is 1.29 bits per heavy atom. The highest BCUT2D eigenvalue weighted by molar-refractivity contribution is 9.10. The molecule has 0 N–H and O–H groups in total. The van der Waals surface area contributed by atoms with Crippen molar-refractivity contribution in [3.8, 4) is 0 Å². The van der Waals surface area contributed by atoms with Crippen LogP contribution in [-0.2, 0) is 33.8 Å². The molecule has 0 spiro atoms. The van der Waals surface area contributed by atoms with Gasteiger partial charge in [0, 0.05) is 10.4 Å². The molecule has 41 heavy (non-hydrogen) atoms. The lowest BCUT2D eigenvalue weighted by atomic mass is 9.82. The molecule has 3 nitrogen and oxygen atoms in total. The molecule has 0 aromatic heterocycles. The Morgan fingerprint density at radius 1 is 0.707 bits per heavy atom. The first kappa shape index (κ1) is 29.7. The predicted molar refractivity (Wildman–Crippen MR) is 170 cm³/mol. The van der Waals surface area contributed by atoms with Crippen molar-refractivity contribution in [2.45, 2.75) is 78.2 Å². The molecular formula is C37H41BrO3. The first-order chi connectivity index (χ1) is 19.9. The van der Waals surface area contributed by atoms with Gasteiger partial charge in [-0.15, -0.1) is 0 Å². The summed E-state index contributed by atoms with van der Waals surface area (Å²) >= 11 is 3.56. The van der Waals surface area contributed by atoms with E-state index in [1.54, 1.807) is 0 Å². The minimum atomic E-state index is -0.251. The van der Waals surface area contributed by atoms with E-state index in [2.05, 4.69) is 129 Å². The van der Waals surface area contributed by atoms with Crippen molar-refractivity contribution in [2.75, 3.05) is 0 Å². The number of hydrogen-bond donors (Lipinski definition) is 0. The van der Waals surface area contributed by atoms with Gasteiger partial charge in [-0.1, -0.05) is 115 Å². The molecule has 1 fully saturated rings. The molecule has 0 aliphatic carbocycles. The maximum atomic E-state index is 6.95. The fraction of sp³-hybridized carbons (Fsp3) is 0.351. The van der Waals surface area contributed by atoms with Gasteiger partial charge >= 0.3 is 0 Å². The van der Waals surface area contributed by atoms with E-state index in [9.17, 15) is 0 Å². The summed E-state index contributed by atoms with van der Waals surface area (Å²) in [7, 11) is 0. The molecule has 1 aliphatic heterocycles. The summed E-state index contributed by atoms with van der Waals surface area (Å²) in [5, 5.41) is 0. The Kier molecular flexibility index (Phi) is 10.1. The Hall–Kier alpha value is -2.76. The molecule has 0 bridgehead atoms. The second-order valence-electron chi connectivity index (χ2n) is 11.3. The Labute approximate surface area is 254 Å². The monoisotopic (exact) mass is 612 g/mol. The number of aryl methyl sites for hydroxylation is 2. The fourth-order valence-corrected chi connectivity index (χ4v) is 6.25. The van der Waals surface area contributed by atoms with Crippen LogP contribution >= 0.6 is 15.9 Å². The van der Waals surface area contributed by atoms with E-state index in [1.807, 2.05) is 12.1 Å². The molecular weight excluding hydrogens is 572 g/mol. The fourth-order valence-electron chi connectivity index (χ4n) is 5.99. The molecule has 0 amide bonds. The molecule has 1 aliphatic rings. The number of hydrogen-bond acceptors (Lipinski definition) is 3. The summed E-state index contributed by atoms with van der Waals surface area (Å²) in [5.41, 5.74) is 8.63. The average molecular weight is 614 g/mol. The minimum Gasteiger partial charge on any atom is -0.370 e. The van der Waals surface area contributed by atoms with Crippen molar-refractivity contribution in [1.29, 1.82) is 0 Å². The zero-order valence-electron chi connectivity index (χ0n) is 24.6. The lowest BCUT2D eigenvalue weighted by Crippen LogP contribution is -2.52. The number of benzene rings is 4. The van der Waals surface area contributed by atoms with E-state index >= 15 is 0 Å². The van der Waals surface area contributed by atoms with Crippen LogP contribution in [-0.4, -0.2) is 18.3 Å². The lowest BCUT2D eigenvalue weighted by molar-refractivity contribution is -0.235. The van der Waals surface area contributed by atoms with Gasteiger partial charge < -0.3 is 14.2 Å². The first-order valence-corrected chi connectivity index (χ1v) is 15.5. The van der Waals surface area contributed by atoms with E-state index in [-0.39, 0.29) is 30.3 Å². The van der Waals surface area contributed by atoms with Crippen molar-refractivity contribution in [1.82, 2.24) is 0 Å². The van der Waals surface area contributed by atoms with Crippen LogP contribution in [0.5, 0.6) is 0 Å². The highest BCUT2D eigenvalue weighted by Gasteiger charge is 2.45. The topological polar surface area (TPSA) is 27.7 Å². The normalized spacial score (nSPS) is 22.5. The van der Waals surface area contributed by atoms with Crippen LogP contribution in [0.15, 0.2) is 102 Å². The van der Waals surface area contributed by atoms with Gasteiger partial charge in [0.25, 0.3) is 0 Å². The molecule has 214 valence electrons. The van der Waals surface area contributed by atoms with Gasteiger partial charge in [0.15, 0.2) is 0 Å². The minimum absolute atomic E-state index is 0.0768. The maximum Gasteiger partial charge on any atom is 0.115 e. The van der Waals surface area contributed by atoms with Gasteiger partial charge in [0.2, 0.25) is 0 Å². The van der Waals surface area contributed by atoms with Crippen LogP contribution in [0.4, 0.5) is 0 Å². The Balaban J connectivity index is 1.50. The van der Waals surface area contributed by atoms with Gasteiger partial charge in [-0.25, -0.2) is 0 Å². The third kappa shape index (κ3) is 7.37. The van der Waals surface area contributed by atoms with Crippen LogP contribution < -0.4 is 0 Å². The van der Waals surface area contributed by atoms with Gasteiger partial charge in [-0.05, 0) is 77.8 Å². The highest BCUT2D eigenvalue weighted by Crippen LogP contribution is 2.42. The van der Waals surface area contributed by atoms with Crippen LogP contribution in [0.2, 0.25) is 0 Å². The second-order valence-corrected chi connectivity index (χ2v) is 12.2. The number of halogens is 1. The SMILES string of the molecule is CC[C@H]1O[C@@H](c2cc(Cc3ccc(Br)cc3)c(C)cc2C)[C@H](OCc2ccccc2)[C@@H](OCc2ccccc2)[C@@H]1C. The number of rotatable bonds is 10. The van der Waals surface area contributed by atoms with Crippen LogP contribution in [0.1, 0.15) is 65.3 Å². The van der Waals surface area contributed by atoms with Gasteiger partial charge in [-0.3, -0.25) is 0 Å². The van der Waals surface area contributed by atoms with Crippen LogP contribution in [0, 0.1) is 19.8 Å². The molecule has 0 unspecified atom stereocenters. The van der Waals surface area contributed by atoms with Crippen LogP contribution in [0.3, 0.4) is 0 Å². The largest absolute Gasteiger partial charge is 0.370 e. The summed E-state index contributed by atoms with van der Waals surface area (Å²) in [6.07, 6.45) is 1.27. The summed E-state index contributed by atoms with van der Waals surface area (Å²) in [6, 6.07) is 34.1. The standard InChI is InChI=1S/C37H41BrO3/c1-5-34-27(4)35(39-23-29-12-8-6-9-13-29)37(40-24-30-14-10-7-11-15-30)36(41-34)33-22-31(25(2)20-26(33)3)21-28-16-18-32(38)19-17-28/h6-20,22,27,34-37H,5,21,23-24H2,1-4H3/t27-,34-,35+,36+,37-/m1/s1. The van der Waals surface area contributed by atoms with E-state index in [0.717, 1.165) is 22.9 Å². The van der Waals surface area contributed by atoms with Crippen molar-refractivity contribution in [2.24, 2.45) is 5.92 Å². The van der Waals surface area contributed by atoms with E-state index in [1.165, 1.54) is 33.4 Å². The molecule has 4 aromatic carbocycles. The molecule has 5 rings (SSSR count). The molecule has 0 radical (unpaired) electrons. The Bertz CT molecular complexity index is 1390. The summed E-state index contributed by atoms with van der Waals surface area (Å²) in [6.45, 7) is 9.92. The quantitative estimate of drug-likeness (QED) is 0.178. The van der Waals surface area contributed by atoms with Gasteiger partial charge in [0.1, 0.15) is 12.2 Å². The van der Waals surface area contributed by atoms with Crippen molar-refractivity contribution in [3.05, 3.63) is 140 Å². The second kappa shape index (κ2) is 13.9. The van der Waals surface area contributed by atoms with E-state index in [0.29, 0.717) is 13.2 Å². The third-order valence-electron chi connectivity index (χ3n) is 8.36. The molecule has 4 aromatic rings. The predicted octanol–water partition coefficient (Wildman–Crippen LogP) is 9.31. The van der Waals surface area contributed by atoms with E-state index < -0.39 is 0 Å². The maximum absolute atomic E-state index is 6.95. The zero-order chi connectivity index (χ0) is 28.8. The molecule has 0 saturated carbocycles. The summed E-state index contributed by atoms with van der Waals surface area (Å²) in [5.74, 6) is 0.189. The highest BCUT2D eigenvalue weighted by atomic mass is 79.9. The average Bonchev–Trinajstić information content (AvgIpc) is 2.99. The number of ether oxygens (including phenoxy) is 3. The molecule has 4 heteroatoms. The van der Waals surface area contributed by atoms with Gasteiger partial charge in [-0.2, -0.15) is 0 Å². The van der Waals surface area contributed by atoms with E-state index in [4.69, 9.17) is 14.2 Å². The first-order valence-electron chi connectivity index (χ1n) is 14.7. The molecule has 5 atom stereocenters. The third-order valence-corrected chi connectivity index (χ3v) is 8.89. The summed E-state index contributed by atoms with van der Waals surface area (Å²) < 4.78 is 21.6. The van der Waals surface area contributed by atoms with Gasteiger partial charge in [0.05, 0.1) is 25.4 Å². The molecule has 1 heterocycles. The molecule has 1 saturated heterocycles. The van der Waals surface area contributed by atoms with Crippen molar-refractivity contribution in [3.63, 3.8) is 0 Å². The van der Waals surface area contributed by atoms with Crippen LogP contribution in [0.25, 0.3) is 0 Å².